The van der Waals surface area contributed by atoms with Gasteiger partial charge in [0.1, 0.15) is 0 Å². The van der Waals surface area contributed by atoms with Crippen LogP contribution in [0.3, 0.4) is 0 Å². The highest BCUT2D eigenvalue weighted by Gasteiger charge is 2.20. The number of hydrogen-bond acceptors (Lipinski definition) is 9. The number of benzene rings is 3. The molecule has 40 heavy (non-hydrogen) atoms. The van der Waals surface area contributed by atoms with Crippen LogP contribution in [0, 0.1) is 10.1 Å². The number of nitro groups is 1. The first-order valence-corrected chi connectivity index (χ1v) is 13.9. The molecule has 4 rings (SSSR count). The maximum Gasteiger partial charge on any atom is 0.270 e. The Balaban J connectivity index is 1.40. The summed E-state index contributed by atoms with van der Waals surface area (Å²) >= 11 is 2.62. The Kier molecular flexibility index (Phi) is 9.35. The van der Waals surface area contributed by atoms with Crippen molar-refractivity contribution in [3.05, 3.63) is 87.8 Å². The second-order valence-electron chi connectivity index (χ2n) is 8.40. The highest BCUT2D eigenvalue weighted by atomic mass is 32.2. The Bertz CT molecular complexity index is 1540. The number of carbonyl (C=O) groups excluding carboxylic acids is 2. The van der Waals surface area contributed by atoms with Crippen LogP contribution >= 0.6 is 23.1 Å². The Hall–Kier alpha value is -4.42. The molecule has 0 aliphatic rings. The number of amides is 2. The molecule has 0 bridgehead atoms. The lowest BCUT2D eigenvalue weighted by Crippen LogP contribution is -2.24. The van der Waals surface area contributed by atoms with Gasteiger partial charge >= 0.3 is 0 Å². The van der Waals surface area contributed by atoms with Gasteiger partial charge in [-0.1, -0.05) is 25.1 Å². The summed E-state index contributed by atoms with van der Waals surface area (Å²) in [4.78, 5) is 41.7. The van der Waals surface area contributed by atoms with E-state index in [-0.39, 0.29) is 17.5 Å². The zero-order valence-corrected chi connectivity index (χ0v) is 23.5. The molecule has 0 aliphatic heterocycles. The fraction of sp³-hybridized carbons (Fsp3) is 0.179. The minimum atomic E-state index is -0.460. The van der Waals surface area contributed by atoms with E-state index in [1.165, 1.54) is 49.5 Å². The first-order valence-electron chi connectivity index (χ1n) is 12.1. The average molecular weight is 579 g/mol. The van der Waals surface area contributed by atoms with E-state index in [0.29, 0.717) is 45.6 Å². The van der Waals surface area contributed by atoms with Crippen molar-refractivity contribution in [2.75, 3.05) is 24.9 Å². The minimum Gasteiger partial charge on any atom is -0.493 e. The van der Waals surface area contributed by atoms with Crippen molar-refractivity contribution in [3.63, 3.8) is 0 Å². The molecule has 0 fully saturated rings. The monoisotopic (exact) mass is 578 g/mol. The van der Waals surface area contributed by atoms with Crippen LogP contribution in [0.25, 0.3) is 11.3 Å². The largest absolute Gasteiger partial charge is 0.493 e. The lowest BCUT2D eigenvalue weighted by molar-refractivity contribution is -0.384. The van der Waals surface area contributed by atoms with Crippen LogP contribution in [-0.4, -0.2) is 41.2 Å². The maximum absolute atomic E-state index is 13.1. The van der Waals surface area contributed by atoms with Gasteiger partial charge in [0.05, 0.1) is 30.1 Å². The van der Waals surface area contributed by atoms with Gasteiger partial charge in [0.25, 0.3) is 11.6 Å². The first kappa shape index (κ1) is 28.6. The average Bonchev–Trinajstić information content (AvgIpc) is 3.44. The standard InChI is InChI=1S/C28H26N4O6S2/c1-4-25(27(34)31-28-30-22(16-39-28)17-7-5-9-20(13-17)32(35)36)40-21-10-6-8-19(15-21)29-26(33)18-11-12-23(37-2)24(14-18)38-3/h5-16,25H,4H2,1-3H3,(H,29,33)(H,30,31,34). The number of carbonyl (C=O) groups is 2. The molecular weight excluding hydrogens is 552 g/mol. The fourth-order valence-electron chi connectivity index (χ4n) is 3.74. The van der Waals surface area contributed by atoms with Crippen molar-refractivity contribution in [3.8, 4) is 22.8 Å². The summed E-state index contributed by atoms with van der Waals surface area (Å²) in [5, 5.41) is 18.5. The maximum atomic E-state index is 13.1. The third kappa shape index (κ3) is 6.96. The van der Waals surface area contributed by atoms with E-state index in [1.54, 1.807) is 41.8 Å². The third-order valence-electron chi connectivity index (χ3n) is 5.77. The number of nitrogens with zero attached hydrogens (tertiary/aromatic N) is 2. The molecule has 3 aromatic carbocycles. The molecule has 1 aromatic heterocycles. The topological polar surface area (TPSA) is 133 Å². The number of hydrogen-bond donors (Lipinski definition) is 2. The van der Waals surface area contributed by atoms with Gasteiger partial charge in [-0.3, -0.25) is 19.7 Å². The molecule has 12 heteroatoms. The van der Waals surface area contributed by atoms with Gasteiger partial charge in [0.2, 0.25) is 5.91 Å². The Labute approximate surface area is 238 Å². The molecule has 0 saturated heterocycles. The van der Waals surface area contributed by atoms with Crippen molar-refractivity contribution in [2.45, 2.75) is 23.5 Å². The number of thiazole rings is 1. The van der Waals surface area contributed by atoms with Crippen LogP contribution in [0.15, 0.2) is 77.0 Å². The van der Waals surface area contributed by atoms with Gasteiger partial charge in [0.15, 0.2) is 16.6 Å². The van der Waals surface area contributed by atoms with Gasteiger partial charge in [-0.15, -0.1) is 23.1 Å². The summed E-state index contributed by atoms with van der Waals surface area (Å²) in [6, 6.07) is 18.4. The van der Waals surface area contributed by atoms with E-state index >= 15 is 0 Å². The third-order valence-corrected chi connectivity index (χ3v) is 7.88. The number of thioether (sulfide) groups is 1. The highest BCUT2D eigenvalue weighted by Crippen LogP contribution is 2.32. The second kappa shape index (κ2) is 13.1. The molecule has 1 heterocycles. The first-order chi connectivity index (χ1) is 19.3. The second-order valence-corrected chi connectivity index (χ2v) is 10.5. The summed E-state index contributed by atoms with van der Waals surface area (Å²) in [6.45, 7) is 1.91. The number of nitro benzene ring substituents is 1. The van der Waals surface area contributed by atoms with Crippen LogP contribution < -0.4 is 20.1 Å². The number of anilines is 2. The summed E-state index contributed by atoms with van der Waals surface area (Å²) < 4.78 is 10.5. The fourth-order valence-corrected chi connectivity index (χ4v) is 5.48. The lowest BCUT2D eigenvalue weighted by Gasteiger charge is -2.14. The number of non-ortho nitro benzene ring substituents is 1. The molecule has 0 spiro atoms. The molecule has 10 nitrogen and oxygen atoms in total. The van der Waals surface area contributed by atoms with Crippen LogP contribution in [0.4, 0.5) is 16.5 Å². The predicted molar refractivity (Wildman–Crippen MR) is 157 cm³/mol. The highest BCUT2D eigenvalue weighted by molar-refractivity contribution is 8.00. The molecule has 4 aromatic rings. The minimum absolute atomic E-state index is 0.0271. The molecule has 206 valence electrons. The molecular formula is C28H26N4O6S2. The molecule has 2 N–H and O–H groups in total. The molecule has 0 radical (unpaired) electrons. The van der Waals surface area contributed by atoms with Crippen LogP contribution in [-0.2, 0) is 4.79 Å². The zero-order valence-electron chi connectivity index (χ0n) is 21.9. The van der Waals surface area contributed by atoms with Crippen molar-refractivity contribution < 1.29 is 24.0 Å². The normalized spacial score (nSPS) is 11.4. The van der Waals surface area contributed by atoms with E-state index in [4.69, 9.17) is 9.47 Å². The van der Waals surface area contributed by atoms with E-state index in [9.17, 15) is 19.7 Å². The number of methoxy groups -OCH3 is 2. The van der Waals surface area contributed by atoms with E-state index in [0.717, 1.165) is 4.90 Å². The van der Waals surface area contributed by atoms with Gasteiger partial charge in [0, 0.05) is 39.2 Å². The zero-order chi connectivity index (χ0) is 28.6. The van der Waals surface area contributed by atoms with Crippen molar-refractivity contribution in [1.82, 2.24) is 4.98 Å². The number of ether oxygens (including phenoxy) is 2. The van der Waals surface area contributed by atoms with Gasteiger partial charge < -0.3 is 20.1 Å². The van der Waals surface area contributed by atoms with E-state index < -0.39 is 10.2 Å². The molecule has 1 atom stereocenters. The number of rotatable bonds is 11. The number of nitrogens with one attached hydrogen (secondary N) is 2. The van der Waals surface area contributed by atoms with Crippen LogP contribution in [0.1, 0.15) is 23.7 Å². The quantitative estimate of drug-likeness (QED) is 0.117. The SMILES string of the molecule is CCC(Sc1cccc(NC(=O)c2ccc(OC)c(OC)c2)c1)C(=O)Nc1nc(-c2cccc([N+](=O)[O-])c2)cs1. The molecule has 0 saturated carbocycles. The van der Waals surface area contributed by atoms with Crippen LogP contribution in [0.2, 0.25) is 0 Å². The van der Waals surface area contributed by atoms with Gasteiger partial charge in [-0.25, -0.2) is 4.98 Å². The Morgan fingerprint density at radius 2 is 1.80 bits per heavy atom. The molecule has 1 unspecified atom stereocenters. The number of aromatic nitrogens is 1. The van der Waals surface area contributed by atoms with E-state index in [2.05, 4.69) is 15.6 Å². The van der Waals surface area contributed by atoms with Gasteiger partial charge in [-0.05, 0) is 42.8 Å². The summed E-state index contributed by atoms with van der Waals surface area (Å²) in [7, 11) is 3.03. The smallest absolute Gasteiger partial charge is 0.270 e. The predicted octanol–water partition coefficient (Wildman–Crippen LogP) is 6.50. The Morgan fingerprint density at radius 1 is 1.02 bits per heavy atom. The lowest BCUT2D eigenvalue weighted by atomic mass is 10.1. The summed E-state index contributed by atoms with van der Waals surface area (Å²) in [5.74, 6) is 0.455. The summed E-state index contributed by atoms with van der Waals surface area (Å²) in [6.07, 6.45) is 0.557. The Morgan fingerprint density at radius 3 is 2.52 bits per heavy atom. The molecule has 0 aliphatic carbocycles. The van der Waals surface area contributed by atoms with Crippen molar-refractivity contribution in [1.29, 1.82) is 0 Å². The van der Waals surface area contributed by atoms with Crippen molar-refractivity contribution in [2.24, 2.45) is 0 Å². The van der Waals surface area contributed by atoms with Gasteiger partial charge in [-0.2, -0.15) is 0 Å². The van der Waals surface area contributed by atoms with Crippen LogP contribution in [0.5, 0.6) is 11.5 Å². The summed E-state index contributed by atoms with van der Waals surface area (Å²) in [5.41, 5.74) is 2.11. The van der Waals surface area contributed by atoms with E-state index in [1.807, 2.05) is 25.1 Å². The van der Waals surface area contributed by atoms with Crippen molar-refractivity contribution >= 4 is 51.4 Å². The molecule has 2 amide bonds.